The number of hydrogen-bond donors (Lipinski definition) is 2. The van der Waals surface area contributed by atoms with Crippen LogP contribution < -0.4 is 15.0 Å². The Morgan fingerprint density at radius 1 is 1.07 bits per heavy atom. The fraction of sp³-hybridized carbons (Fsp3) is 0.0500. The number of aromatic amines is 2. The molecule has 9 heteroatoms. The van der Waals surface area contributed by atoms with Gasteiger partial charge in [-0.25, -0.2) is 0 Å². The molecule has 29 heavy (non-hydrogen) atoms. The Bertz CT molecular complexity index is 1310. The molecule has 0 saturated carbocycles. The van der Waals surface area contributed by atoms with Crippen LogP contribution in [0.15, 0.2) is 53.3 Å². The van der Waals surface area contributed by atoms with Crippen molar-refractivity contribution in [1.29, 1.82) is 5.26 Å². The highest BCUT2D eigenvalue weighted by Crippen LogP contribution is 2.34. The number of halogens is 2. The quantitative estimate of drug-likeness (QED) is 0.476. The van der Waals surface area contributed by atoms with Gasteiger partial charge in [-0.1, -0.05) is 23.2 Å². The minimum Gasteiger partial charge on any atom is -0.487 e. The van der Waals surface area contributed by atoms with Crippen LogP contribution >= 0.6 is 23.2 Å². The normalized spacial score (nSPS) is 10.7. The molecule has 2 aromatic heterocycles. The fourth-order valence-corrected chi connectivity index (χ4v) is 3.09. The molecule has 2 aromatic carbocycles. The molecule has 4 aromatic rings. The molecule has 0 atom stereocenters. The van der Waals surface area contributed by atoms with Crippen molar-refractivity contribution in [3.8, 4) is 23.3 Å². The monoisotopic (exact) mass is 426 g/mol. The van der Waals surface area contributed by atoms with E-state index in [1.54, 1.807) is 36.4 Å². The Labute approximate surface area is 174 Å². The van der Waals surface area contributed by atoms with Crippen LogP contribution in [0.4, 0.5) is 0 Å². The standard InChI is InChI=1S/C20H12Cl2N4O3/c21-12-5-11(9-23)6-14(7-12)29-18-8-13(1-3-16(18)22)28-10-17-15-2-4-19(27)24-20(15)26-25-17/h1-8H,10H2,(H2,24,25,26,27). The Hall–Kier alpha value is -3.47. The number of ether oxygens (including phenoxy) is 2. The van der Waals surface area contributed by atoms with Crippen molar-refractivity contribution in [2.24, 2.45) is 0 Å². The minimum atomic E-state index is -0.225. The van der Waals surface area contributed by atoms with Crippen molar-refractivity contribution in [3.63, 3.8) is 0 Å². The maximum Gasteiger partial charge on any atom is 0.249 e. The third-order valence-electron chi connectivity index (χ3n) is 4.04. The second kappa shape index (κ2) is 7.87. The molecule has 0 aliphatic rings. The number of nitrogens with one attached hydrogen (secondary N) is 2. The molecular weight excluding hydrogens is 415 g/mol. The first-order valence-corrected chi connectivity index (χ1v) is 9.14. The van der Waals surface area contributed by atoms with Crippen LogP contribution in [0.25, 0.3) is 11.0 Å². The zero-order chi connectivity index (χ0) is 20.4. The van der Waals surface area contributed by atoms with Gasteiger partial charge in [0.05, 0.1) is 22.3 Å². The lowest BCUT2D eigenvalue weighted by Gasteiger charge is -2.11. The van der Waals surface area contributed by atoms with Crippen LogP contribution in [0.2, 0.25) is 10.0 Å². The molecule has 0 aliphatic carbocycles. The SMILES string of the molecule is N#Cc1cc(Cl)cc(Oc2cc(OCc3[nH]nc4[nH]c(=O)ccc34)ccc2Cl)c1. The molecule has 4 rings (SSSR count). The number of aromatic nitrogens is 3. The van der Waals surface area contributed by atoms with Crippen molar-refractivity contribution in [3.05, 3.63) is 80.2 Å². The van der Waals surface area contributed by atoms with E-state index in [4.69, 9.17) is 37.9 Å². The Kier molecular flexibility index (Phi) is 5.12. The fourth-order valence-electron chi connectivity index (χ4n) is 2.71. The molecule has 0 spiro atoms. The van der Waals surface area contributed by atoms with Gasteiger partial charge < -0.3 is 14.5 Å². The molecule has 2 N–H and O–H groups in total. The van der Waals surface area contributed by atoms with Gasteiger partial charge in [0.1, 0.15) is 23.9 Å². The van der Waals surface area contributed by atoms with Crippen molar-refractivity contribution in [2.75, 3.05) is 0 Å². The van der Waals surface area contributed by atoms with E-state index in [1.807, 2.05) is 6.07 Å². The van der Waals surface area contributed by atoms with Crippen molar-refractivity contribution in [2.45, 2.75) is 6.61 Å². The lowest BCUT2D eigenvalue weighted by molar-refractivity contribution is 0.301. The maximum absolute atomic E-state index is 11.4. The summed E-state index contributed by atoms with van der Waals surface area (Å²) in [6.07, 6.45) is 0. The van der Waals surface area contributed by atoms with E-state index in [1.165, 1.54) is 12.1 Å². The number of fused-ring (bicyclic) bond motifs is 1. The van der Waals surface area contributed by atoms with Gasteiger partial charge >= 0.3 is 0 Å². The second-order valence-corrected chi connectivity index (χ2v) is 6.90. The van der Waals surface area contributed by atoms with Crippen LogP contribution in [0, 0.1) is 11.3 Å². The maximum atomic E-state index is 11.4. The first-order valence-electron chi connectivity index (χ1n) is 8.39. The summed E-state index contributed by atoms with van der Waals surface area (Å²) in [6, 6.07) is 14.8. The van der Waals surface area contributed by atoms with E-state index >= 15 is 0 Å². The zero-order valence-corrected chi connectivity index (χ0v) is 16.2. The summed E-state index contributed by atoms with van der Waals surface area (Å²) in [7, 11) is 0. The van der Waals surface area contributed by atoms with Gasteiger partial charge in [0.2, 0.25) is 5.56 Å². The minimum absolute atomic E-state index is 0.194. The molecule has 2 heterocycles. The van der Waals surface area contributed by atoms with Crippen molar-refractivity contribution < 1.29 is 9.47 Å². The second-order valence-electron chi connectivity index (χ2n) is 6.06. The van der Waals surface area contributed by atoms with Gasteiger partial charge in [-0.05, 0) is 36.4 Å². The van der Waals surface area contributed by atoms with Gasteiger partial charge in [-0.3, -0.25) is 9.89 Å². The van der Waals surface area contributed by atoms with E-state index in [2.05, 4.69) is 15.2 Å². The highest BCUT2D eigenvalue weighted by Gasteiger charge is 2.10. The molecular formula is C20H12Cl2N4O3. The zero-order valence-electron chi connectivity index (χ0n) is 14.7. The van der Waals surface area contributed by atoms with Gasteiger partial charge in [0, 0.05) is 22.5 Å². The number of H-pyrrole nitrogens is 2. The summed E-state index contributed by atoms with van der Waals surface area (Å²) in [5.41, 5.74) is 1.32. The summed E-state index contributed by atoms with van der Waals surface area (Å²) < 4.78 is 11.6. The third-order valence-corrected chi connectivity index (χ3v) is 4.57. The molecule has 0 bridgehead atoms. The predicted octanol–water partition coefficient (Wildman–Crippen LogP) is 4.80. The topological polar surface area (TPSA) is 104 Å². The van der Waals surface area contributed by atoms with Crippen LogP contribution in [-0.4, -0.2) is 15.2 Å². The molecule has 0 saturated heterocycles. The molecule has 0 fully saturated rings. The van der Waals surface area contributed by atoms with Crippen LogP contribution in [0.1, 0.15) is 11.3 Å². The summed E-state index contributed by atoms with van der Waals surface area (Å²) in [5.74, 6) is 1.25. The summed E-state index contributed by atoms with van der Waals surface area (Å²) in [4.78, 5) is 14.0. The van der Waals surface area contributed by atoms with E-state index in [0.29, 0.717) is 44.2 Å². The first-order chi connectivity index (χ1) is 14.0. The smallest absolute Gasteiger partial charge is 0.249 e. The van der Waals surface area contributed by atoms with E-state index < -0.39 is 0 Å². The van der Waals surface area contributed by atoms with Gasteiger partial charge in [0.25, 0.3) is 0 Å². The first kappa shape index (κ1) is 18.9. The molecule has 0 unspecified atom stereocenters. The molecule has 7 nitrogen and oxygen atoms in total. The van der Waals surface area contributed by atoms with Gasteiger partial charge in [-0.15, -0.1) is 0 Å². The largest absolute Gasteiger partial charge is 0.487 e. The number of rotatable bonds is 5. The molecule has 0 radical (unpaired) electrons. The average Bonchev–Trinajstić information content (AvgIpc) is 3.10. The van der Waals surface area contributed by atoms with Crippen LogP contribution in [0.3, 0.4) is 0 Å². The predicted molar refractivity (Wildman–Crippen MR) is 109 cm³/mol. The highest BCUT2D eigenvalue weighted by molar-refractivity contribution is 6.32. The number of hydrogen-bond acceptors (Lipinski definition) is 5. The van der Waals surface area contributed by atoms with E-state index in [-0.39, 0.29) is 12.2 Å². The van der Waals surface area contributed by atoms with E-state index in [9.17, 15) is 4.79 Å². The Balaban J connectivity index is 1.54. The van der Waals surface area contributed by atoms with E-state index in [0.717, 1.165) is 5.39 Å². The Morgan fingerprint density at radius 3 is 2.76 bits per heavy atom. The molecule has 144 valence electrons. The average molecular weight is 427 g/mol. The highest BCUT2D eigenvalue weighted by atomic mass is 35.5. The van der Waals surface area contributed by atoms with Crippen molar-refractivity contribution >= 4 is 34.2 Å². The third kappa shape index (κ3) is 4.19. The summed E-state index contributed by atoms with van der Waals surface area (Å²) in [6.45, 7) is 0.194. The molecule has 0 amide bonds. The number of pyridine rings is 1. The number of nitrogens with zero attached hydrogens (tertiary/aromatic N) is 2. The number of nitriles is 1. The van der Waals surface area contributed by atoms with Gasteiger partial charge in [0.15, 0.2) is 5.65 Å². The Morgan fingerprint density at radius 2 is 1.93 bits per heavy atom. The van der Waals surface area contributed by atoms with Crippen molar-refractivity contribution in [1.82, 2.24) is 15.2 Å². The summed E-state index contributed by atoms with van der Waals surface area (Å²) in [5, 5.41) is 17.5. The van der Waals surface area contributed by atoms with Crippen LogP contribution in [0.5, 0.6) is 17.2 Å². The number of benzene rings is 2. The van der Waals surface area contributed by atoms with Crippen LogP contribution in [-0.2, 0) is 6.61 Å². The van der Waals surface area contributed by atoms with Gasteiger partial charge in [-0.2, -0.15) is 10.4 Å². The lowest BCUT2D eigenvalue weighted by Crippen LogP contribution is -2.02. The molecule has 0 aliphatic heterocycles. The summed E-state index contributed by atoms with van der Waals surface area (Å²) >= 11 is 12.2. The lowest BCUT2D eigenvalue weighted by atomic mass is 10.2.